The van der Waals surface area contributed by atoms with E-state index in [9.17, 15) is 38.4 Å². The van der Waals surface area contributed by atoms with Gasteiger partial charge < -0.3 is 56.8 Å². The summed E-state index contributed by atoms with van der Waals surface area (Å²) in [5, 5.41) is 0. The Labute approximate surface area is 311 Å². The Hall–Kier alpha value is -5.71. The first-order chi connectivity index (χ1) is 25.7. The fraction of sp³-hybridized carbons (Fsp3) is 0.625. The first-order valence-corrected chi connectivity index (χ1v) is 16.2. The van der Waals surface area contributed by atoms with Crippen molar-refractivity contribution in [3.63, 3.8) is 0 Å². The molecule has 0 spiro atoms. The first kappa shape index (κ1) is 43.7. The van der Waals surface area contributed by atoms with Gasteiger partial charge in [0.25, 0.3) is 5.88 Å². The standard InChI is InChI=1S/C32H39FN2O20/c1-12(36)44-10-21-23(46-14(3)38)25(48-16(5)40)27(50-18(7)42)30(52-21)54-29-20(33)9-34-32(35-29)55-31-28(51-19(8)43)26(49-17(6)41)24(47-15(4)39)22(53-31)11-45-13(2)37/h9,21-28,30-31H,10-11H2,1-8H3. The molecule has 0 radical (unpaired) electrons. The van der Waals surface area contributed by atoms with Crippen LogP contribution in [-0.4, -0.2) is 132 Å². The Morgan fingerprint density at radius 2 is 0.873 bits per heavy atom. The summed E-state index contributed by atoms with van der Waals surface area (Å²) in [6, 6.07) is -0.761. The zero-order valence-electron chi connectivity index (χ0n) is 30.7. The van der Waals surface area contributed by atoms with E-state index < -0.39 is 140 Å². The smallest absolute Gasteiger partial charge is 0.322 e. The van der Waals surface area contributed by atoms with Crippen LogP contribution >= 0.6 is 0 Å². The largest absolute Gasteiger partial charge is 0.463 e. The lowest BCUT2D eigenvalue weighted by Gasteiger charge is -2.44. The van der Waals surface area contributed by atoms with Gasteiger partial charge in [-0.15, -0.1) is 0 Å². The number of rotatable bonds is 14. The van der Waals surface area contributed by atoms with E-state index in [1.165, 1.54) is 0 Å². The molecule has 10 unspecified atom stereocenters. The Morgan fingerprint density at radius 1 is 0.527 bits per heavy atom. The minimum absolute atomic E-state index is 0.550. The fourth-order valence-corrected chi connectivity index (χ4v) is 5.26. The van der Waals surface area contributed by atoms with E-state index in [2.05, 4.69) is 9.97 Å². The maximum absolute atomic E-state index is 15.3. The van der Waals surface area contributed by atoms with Gasteiger partial charge in [-0.2, -0.15) is 9.37 Å². The Morgan fingerprint density at radius 3 is 1.24 bits per heavy atom. The molecule has 1 aromatic rings. The van der Waals surface area contributed by atoms with Gasteiger partial charge in [-0.3, -0.25) is 38.4 Å². The number of hydrogen-bond donors (Lipinski definition) is 0. The fourth-order valence-electron chi connectivity index (χ4n) is 5.26. The van der Waals surface area contributed by atoms with Crippen molar-refractivity contribution in [3.8, 4) is 11.9 Å². The Balaban J connectivity index is 2.06. The first-order valence-electron chi connectivity index (χ1n) is 16.2. The molecule has 22 nitrogen and oxygen atoms in total. The van der Waals surface area contributed by atoms with Crippen LogP contribution in [0.4, 0.5) is 4.39 Å². The molecule has 0 aliphatic carbocycles. The summed E-state index contributed by atoms with van der Waals surface area (Å²) in [5.74, 6) is -9.39. The minimum Gasteiger partial charge on any atom is -0.463 e. The number of halogens is 1. The van der Waals surface area contributed by atoms with Crippen LogP contribution in [0.1, 0.15) is 55.4 Å². The highest BCUT2D eigenvalue weighted by Gasteiger charge is 2.55. The maximum atomic E-state index is 15.3. The molecule has 2 saturated heterocycles. The van der Waals surface area contributed by atoms with E-state index in [0.29, 0.717) is 6.20 Å². The summed E-state index contributed by atoms with van der Waals surface area (Å²) in [7, 11) is 0. The Bertz CT molecular complexity index is 1620. The lowest BCUT2D eigenvalue weighted by Crippen LogP contribution is -2.63. The average molecular weight is 791 g/mol. The van der Waals surface area contributed by atoms with Crippen LogP contribution in [0.2, 0.25) is 0 Å². The molecular weight excluding hydrogens is 751 g/mol. The van der Waals surface area contributed by atoms with Crippen LogP contribution in [0.5, 0.6) is 11.9 Å². The molecule has 0 saturated carbocycles. The maximum Gasteiger partial charge on any atom is 0.322 e. The number of carbonyl (C=O) groups is 8. The van der Waals surface area contributed by atoms with E-state index in [1.54, 1.807) is 0 Å². The van der Waals surface area contributed by atoms with Crippen molar-refractivity contribution in [2.24, 2.45) is 0 Å². The number of carbonyl (C=O) groups excluding carboxylic acids is 8. The van der Waals surface area contributed by atoms with Gasteiger partial charge in [-0.25, -0.2) is 4.98 Å². The second kappa shape index (κ2) is 19.6. The molecule has 0 aromatic carbocycles. The van der Waals surface area contributed by atoms with Crippen LogP contribution in [0.15, 0.2) is 6.20 Å². The minimum atomic E-state index is -1.93. The van der Waals surface area contributed by atoms with Crippen molar-refractivity contribution >= 4 is 47.8 Å². The topological polar surface area (TPSA) is 273 Å². The molecule has 23 heteroatoms. The van der Waals surface area contributed by atoms with E-state index in [4.69, 9.17) is 56.8 Å². The van der Waals surface area contributed by atoms with Crippen molar-refractivity contribution in [1.82, 2.24) is 9.97 Å². The highest BCUT2D eigenvalue weighted by atomic mass is 19.1. The van der Waals surface area contributed by atoms with Gasteiger partial charge in [0.15, 0.2) is 24.4 Å². The third-order valence-corrected chi connectivity index (χ3v) is 7.04. The van der Waals surface area contributed by atoms with Crippen LogP contribution in [0.25, 0.3) is 0 Å². The summed E-state index contributed by atoms with van der Waals surface area (Å²) in [5.41, 5.74) is 0. The van der Waals surface area contributed by atoms with E-state index in [0.717, 1.165) is 55.4 Å². The number of esters is 8. The third-order valence-electron chi connectivity index (χ3n) is 7.04. The molecule has 304 valence electrons. The molecule has 3 rings (SSSR count). The molecule has 2 fully saturated rings. The van der Waals surface area contributed by atoms with Gasteiger partial charge in [0.1, 0.15) is 25.4 Å². The molecule has 0 N–H and O–H groups in total. The number of hydrogen-bond acceptors (Lipinski definition) is 22. The van der Waals surface area contributed by atoms with Gasteiger partial charge in [-0.05, 0) is 0 Å². The van der Waals surface area contributed by atoms with Crippen LogP contribution < -0.4 is 9.47 Å². The molecule has 55 heavy (non-hydrogen) atoms. The molecule has 1 aromatic heterocycles. The SMILES string of the molecule is CC(=O)OCC1OC(Oc2ncc(F)c(OC3OC(COC(C)=O)C(OC(C)=O)C(OC(C)=O)C3OC(C)=O)n2)C(OC(C)=O)C(OC(C)=O)C1OC(C)=O. The molecule has 2 aliphatic heterocycles. The van der Waals surface area contributed by atoms with E-state index >= 15 is 4.39 Å². The molecule has 3 heterocycles. The summed E-state index contributed by atoms with van der Waals surface area (Å²) >= 11 is 0. The van der Waals surface area contributed by atoms with Crippen molar-refractivity contribution < 1.29 is 99.6 Å². The van der Waals surface area contributed by atoms with Gasteiger partial charge in [0, 0.05) is 55.4 Å². The van der Waals surface area contributed by atoms with E-state index in [1.807, 2.05) is 0 Å². The molecular formula is C32H39FN2O20. The van der Waals surface area contributed by atoms with Crippen molar-refractivity contribution in [2.45, 2.75) is 117 Å². The molecule has 0 bridgehead atoms. The highest BCUT2D eigenvalue weighted by Crippen LogP contribution is 2.33. The van der Waals surface area contributed by atoms with Gasteiger partial charge in [0.2, 0.25) is 30.6 Å². The predicted octanol–water partition coefficient (Wildman–Crippen LogP) is -0.460. The van der Waals surface area contributed by atoms with Gasteiger partial charge >= 0.3 is 53.8 Å². The zero-order chi connectivity index (χ0) is 41.1. The normalized spacial score (nSPS) is 27.2. The van der Waals surface area contributed by atoms with Crippen LogP contribution in [0, 0.1) is 5.82 Å². The second-order valence-corrected chi connectivity index (χ2v) is 11.7. The monoisotopic (exact) mass is 790 g/mol. The molecule has 10 atom stereocenters. The zero-order valence-corrected chi connectivity index (χ0v) is 30.7. The van der Waals surface area contributed by atoms with Crippen molar-refractivity contribution in [3.05, 3.63) is 12.0 Å². The highest BCUT2D eigenvalue weighted by molar-refractivity contribution is 5.70. The predicted molar refractivity (Wildman–Crippen MR) is 167 cm³/mol. The van der Waals surface area contributed by atoms with Gasteiger partial charge in [-0.1, -0.05) is 0 Å². The lowest BCUT2D eigenvalue weighted by atomic mass is 9.98. The summed E-state index contributed by atoms with van der Waals surface area (Å²) in [6.07, 6.45) is -16.0. The number of aromatic nitrogens is 2. The van der Waals surface area contributed by atoms with Crippen LogP contribution in [0.3, 0.4) is 0 Å². The average Bonchev–Trinajstić information content (AvgIpc) is 3.05. The van der Waals surface area contributed by atoms with Crippen molar-refractivity contribution in [2.75, 3.05) is 13.2 Å². The molecule has 2 aliphatic rings. The number of nitrogens with zero attached hydrogens (tertiary/aromatic N) is 2. The summed E-state index contributed by atoms with van der Waals surface area (Å²) in [4.78, 5) is 104. The quantitative estimate of drug-likeness (QED) is 0.170. The number of ether oxygens (including phenoxy) is 12. The molecule has 0 amide bonds. The van der Waals surface area contributed by atoms with Crippen LogP contribution in [-0.2, 0) is 85.7 Å². The van der Waals surface area contributed by atoms with Crippen molar-refractivity contribution in [1.29, 1.82) is 0 Å². The Kier molecular flexibility index (Phi) is 15.5. The summed E-state index contributed by atoms with van der Waals surface area (Å²) < 4.78 is 80.3. The van der Waals surface area contributed by atoms with Gasteiger partial charge in [0.05, 0.1) is 6.20 Å². The lowest BCUT2D eigenvalue weighted by molar-refractivity contribution is -0.291. The third kappa shape index (κ3) is 13.0. The summed E-state index contributed by atoms with van der Waals surface area (Å²) in [6.45, 7) is 6.90. The second-order valence-electron chi connectivity index (χ2n) is 11.7. The van der Waals surface area contributed by atoms with E-state index in [-0.39, 0.29) is 0 Å².